The average Bonchev–Trinajstić information content (AvgIpc) is 2.61. The molecule has 3 N–H and O–H groups in total. The first-order chi connectivity index (χ1) is 6.56. The molecule has 6 heteroatoms. The lowest BCUT2D eigenvalue weighted by Gasteiger charge is -2.18. The first-order valence-electron chi connectivity index (χ1n) is 3.95. The Morgan fingerprint density at radius 3 is 2.86 bits per heavy atom. The minimum absolute atomic E-state index is 0.328. The highest BCUT2D eigenvalue weighted by Gasteiger charge is 2.19. The Kier molecular flexibility index (Phi) is 3.88. The summed E-state index contributed by atoms with van der Waals surface area (Å²) in [5, 5.41) is 9.42. The molecule has 1 aromatic heterocycles. The van der Waals surface area contributed by atoms with Gasteiger partial charge in [-0.25, -0.2) is 0 Å². The summed E-state index contributed by atoms with van der Waals surface area (Å²) in [5.41, 5.74) is 5.39. The summed E-state index contributed by atoms with van der Waals surface area (Å²) in [6.45, 7) is -0.359. The van der Waals surface area contributed by atoms with Crippen LogP contribution in [0.4, 0.5) is 5.00 Å². The molecule has 1 aromatic rings. The maximum atomic E-state index is 11.5. The second-order valence-corrected chi connectivity index (χ2v) is 4.46. The number of likely N-dealkylation sites (N-methyl/N-ethyl adjacent to an activating group) is 1. The minimum Gasteiger partial charge on any atom is -0.394 e. The summed E-state index contributed by atoms with van der Waals surface area (Å²) in [4.78, 5) is 12.9. The molecule has 1 heterocycles. The normalized spacial score (nSPS) is 12.6. The van der Waals surface area contributed by atoms with Crippen molar-refractivity contribution in [2.24, 2.45) is 5.73 Å². The monoisotopic (exact) mass is 234 g/mol. The van der Waals surface area contributed by atoms with Crippen LogP contribution in [0.3, 0.4) is 0 Å². The molecular weight excluding hydrogens is 224 g/mol. The number of rotatable bonds is 3. The molecule has 78 valence electrons. The third-order valence-corrected chi connectivity index (χ3v) is 3.04. The van der Waals surface area contributed by atoms with Gasteiger partial charge in [0, 0.05) is 7.05 Å². The lowest BCUT2D eigenvalue weighted by molar-refractivity contribution is -0.120. The van der Waals surface area contributed by atoms with Crippen LogP contribution in [0.25, 0.3) is 0 Å². The van der Waals surface area contributed by atoms with E-state index >= 15 is 0 Å². The second kappa shape index (κ2) is 4.75. The van der Waals surface area contributed by atoms with Gasteiger partial charge in [-0.3, -0.25) is 4.79 Å². The number of nitrogens with zero attached hydrogens (tertiary/aromatic N) is 1. The Morgan fingerprint density at radius 1 is 1.79 bits per heavy atom. The van der Waals surface area contributed by atoms with Gasteiger partial charge in [0.05, 0.1) is 15.9 Å². The fraction of sp³-hybridized carbons (Fsp3) is 0.375. The number of aliphatic hydroxyl groups is 1. The molecule has 0 spiro atoms. The topological polar surface area (TPSA) is 66.6 Å². The average molecular weight is 235 g/mol. The molecule has 0 saturated heterocycles. The van der Waals surface area contributed by atoms with Crippen LogP contribution in [0.15, 0.2) is 12.1 Å². The quantitative estimate of drug-likeness (QED) is 0.809. The lowest BCUT2D eigenvalue weighted by atomic mass is 10.3. The third-order valence-electron chi connectivity index (χ3n) is 1.73. The van der Waals surface area contributed by atoms with E-state index in [1.807, 2.05) is 0 Å². The van der Waals surface area contributed by atoms with Gasteiger partial charge in [-0.1, -0.05) is 11.6 Å². The van der Waals surface area contributed by atoms with Crippen LogP contribution in [0.2, 0.25) is 4.34 Å². The fourth-order valence-corrected chi connectivity index (χ4v) is 1.92. The number of thiophene rings is 1. The standard InChI is InChI=1S/C8H11ClN2O2S/c1-11(8(13)5(10)4-12)7-3-2-6(9)14-7/h2-3,5,12H,4,10H2,1H3. The maximum Gasteiger partial charge on any atom is 0.246 e. The van der Waals surface area contributed by atoms with Gasteiger partial charge in [0.25, 0.3) is 0 Å². The Labute approximate surface area is 90.9 Å². The molecule has 0 aromatic carbocycles. The van der Waals surface area contributed by atoms with Crippen LogP contribution in [0.5, 0.6) is 0 Å². The Balaban J connectivity index is 2.75. The van der Waals surface area contributed by atoms with E-state index in [0.29, 0.717) is 9.34 Å². The predicted octanol–water partition coefficient (Wildman–Crippen LogP) is 0.684. The molecule has 0 fully saturated rings. The van der Waals surface area contributed by atoms with Gasteiger partial charge in [0.1, 0.15) is 6.04 Å². The van der Waals surface area contributed by atoms with E-state index < -0.39 is 6.04 Å². The molecule has 1 atom stereocenters. The third kappa shape index (κ3) is 2.45. The molecule has 0 aliphatic carbocycles. The summed E-state index contributed by atoms with van der Waals surface area (Å²) in [6, 6.07) is 2.56. The van der Waals surface area contributed by atoms with Crippen molar-refractivity contribution in [3.63, 3.8) is 0 Å². The Bertz CT molecular complexity index is 329. The zero-order valence-electron chi connectivity index (χ0n) is 7.61. The van der Waals surface area contributed by atoms with Gasteiger partial charge < -0.3 is 15.7 Å². The smallest absolute Gasteiger partial charge is 0.246 e. The van der Waals surface area contributed by atoms with E-state index in [0.717, 1.165) is 0 Å². The van der Waals surface area contributed by atoms with Crippen molar-refractivity contribution in [2.45, 2.75) is 6.04 Å². The summed E-state index contributed by atoms with van der Waals surface area (Å²) in [5.74, 6) is -0.328. The van der Waals surface area contributed by atoms with Crippen LogP contribution in [0.1, 0.15) is 0 Å². The molecule has 0 radical (unpaired) electrons. The van der Waals surface area contributed by atoms with Crippen LogP contribution >= 0.6 is 22.9 Å². The van der Waals surface area contributed by atoms with Crippen LogP contribution < -0.4 is 10.6 Å². The Hall–Kier alpha value is -0.620. The molecule has 1 unspecified atom stereocenters. The second-order valence-electron chi connectivity index (χ2n) is 2.76. The summed E-state index contributed by atoms with van der Waals surface area (Å²) < 4.78 is 0.609. The van der Waals surface area contributed by atoms with Crippen molar-refractivity contribution in [3.8, 4) is 0 Å². The number of aliphatic hydroxyl groups excluding tert-OH is 1. The molecule has 1 amide bonds. The van der Waals surface area contributed by atoms with Crippen molar-refractivity contribution in [2.75, 3.05) is 18.6 Å². The largest absolute Gasteiger partial charge is 0.394 e. The van der Waals surface area contributed by atoms with E-state index in [4.69, 9.17) is 22.4 Å². The van der Waals surface area contributed by atoms with Crippen molar-refractivity contribution in [1.82, 2.24) is 0 Å². The Morgan fingerprint density at radius 2 is 2.43 bits per heavy atom. The van der Waals surface area contributed by atoms with Crippen molar-refractivity contribution in [3.05, 3.63) is 16.5 Å². The van der Waals surface area contributed by atoms with Crippen molar-refractivity contribution in [1.29, 1.82) is 0 Å². The van der Waals surface area contributed by atoms with Gasteiger partial charge >= 0.3 is 0 Å². The summed E-state index contributed by atoms with van der Waals surface area (Å²) in [7, 11) is 1.60. The summed E-state index contributed by atoms with van der Waals surface area (Å²) >= 11 is 7.01. The van der Waals surface area contributed by atoms with Crippen LogP contribution in [-0.4, -0.2) is 30.7 Å². The summed E-state index contributed by atoms with van der Waals surface area (Å²) in [6.07, 6.45) is 0. The highest BCUT2D eigenvalue weighted by Crippen LogP contribution is 2.28. The molecule has 0 saturated carbocycles. The molecule has 0 aliphatic rings. The molecular formula is C8H11ClN2O2S. The van der Waals surface area contributed by atoms with Crippen LogP contribution in [-0.2, 0) is 4.79 Å². The zero-order chi connectivity index (χ0) is 10.7. The predicted molar refractivity (Wildman–Crippen MR) is 57.8 cm³/mol. The fourth-order valence-electron chi connectivity index (χ4n) is 0.920. The van der Waals surface area contributed by atoms with Gasteiger partial charge in [-0.15, -0.1) is 11.3 Å². The van der Waals surface area contributed by atoms with Gasteiger partial charge in [-0.2, -0.15) is 0 Å². The number of hydrogen-bond acceptors (Lipinski definition) is 4. The van der Waals surface area contributed by atoms with E-state index in [2.05, 4.69) is 0 Å². The SMILES string of the molecule is CN(C(=O)C(N)CO)c1ccc(Cl)s1. The van der Waals surface area contributed by atoms with Gasteiger partial charge in [0.2, 0.25) is 5.91 Å². The molecule has 0 aliphatic heterocycles. The van der Waals surface area contributed by atoms with Gasteiger partial charge in [0.15, 0.2) is 0 Å². The maximum absolute atomic E-state index is 11.5. The molecule has 0 bridgehead atoms. The molecule has 4 nitrogen and oxygen atoms in total. The highest BCUT2D eigenvalue weighted by atomic mass is 35.5. The number of carbonyl (C=O) groups is 1. The van der Waals surface area contributed by atoms with Gasteiger partial charge in [-0.05, 0) is 12.1 Å². The van der Waals surface area contributed by atoms with Crippen LogP contribution in [0, 0.1) is 0 Å². The van der Waals surface area contributed by atoms with Crippen molar-refractivity contribution < 1.29 is 9.90 Å². The number of halogens is 1. The molecule has 1 rings (SSSR count). The number of amides is 1. The molecule has 14 heavy (non-hydrogen) atoms. The van der Waals surface area contributed by atoms with E-state index in [9.17, 15) is 4.79 Å². The van der Waals surface area contributed by atoms with Crippen molar-refractivity contribution >= 4 is 33.8 Å². The minimum atomic E-state index is -0.874. The zero-order valence-corrected chi connectivity index (χ0v) is 9.18. The number of nitrogens with two attached hydrogens (primary N) is 1. The van der Waals surface area contributed by atoms with E-state index in [1.165, 1.54) is 16.2 Å². The first kappa shape index (κ1) is 11.5. The lowest BCUT2D eigenvalue weighted by Crippen LogP contribution is -2.43. The van der Waals surface area contributed by atoms with E-state index in [-0.39, 0.29) is 12.5 Å². The first-order valence-corrected chi connectivity index (χ1v) is 5.15. The number of anilines is 1. The van der Waals surface area contributed by atoms with E-state index in [1.54, 1.807) is 19.2 Å². The number of hydrogen-bond donors (Lipinski definition) is 2. The number of carbonyl (C=O) groups excluding carboxylic acids is 1. The highest BCUT2D eigenvalue weighted by molar-refractivity contribution is 7.20.